The van der Waals surface area contributed by atoms with Gasteiger partial charge in [-0.25, -0.2) is 0 Å². The Labute approximate surface area is 260 Å². The van der Waals surface area contributed by atoms with Gasteiger partial charge in [-0.05, 0) is 48.1 Å². The third-order valence-electron chi connectivity index (χ3n) is 8.77. The van der Waals surface area contributed by atoms with Crippen molar-refractivity contribution in [3.05, 3.63) is 67.8 Å². The maximum Gasteiger partial charge on any atom is 0.310 e. The summed E-state index contributed by atoms with van der Waals surface area (Å²) in [4.78, 5) is 46.1. The number of hydrogen-bond donors (Lipinski definition) is 1. The minimum Gasteiger partial charge on any atom is -0.465 e. The first kappa shape index (κ1) is 30.8. The zero-order valence-electron chi connectivity index (χ0n) is 24.2. The molecule has 2 amide bonds. The molecule has 224 valence electrons. The number of nitrogens with zero attached hydrogens (tertiary/aromatic N) is 2. The number of alkyl halides is 1. The number of rotatable bonds is 12. The van der Waals surface area contributed by atoms with Crippen molar-refractivity contribution in [1.82, 2.24) is 4.90 Å². The van der Waals surface area contributed by atoms with E-state index in [0.29, 0.717) is 24.9 Å². The predicted octanol–water partition coefficient (Wildman–Crippen LogP) is 5.35. The van der Waals surface area contributed by atoms with Crippen molar-refractivity contribution >= 4 is 61.9 Å². The summed E-state index contributed by atoms with van der Waals surface area (Å²) in [7, 11) is 0. The van der Waals surface area contributed by atoms with Gasteiger partial charge in [-0.15, -0.1) is 24.9 Å². The molecule has 0 radical (unpaired) electrons. The van der Waals surface area contributed by atoms with Crippen LogP contribution in [-0.2, 0) is 19.1 Å². The lowest BCUT2D eigenvalue weighted by molar-refractivity contribution is -0.154. The number of amides is 2. The van der Waals surface area contributed by atoms with Crippen LogP contribution in [0.1, 0.15) is 33.1 Å². The third kappa shape index (κ3) is 5.22. The summed E-state index contributed by atoms with van der Waals surface area (Å²) in [5, 5.41) is 12.4. The Morgan fingerprint density at radius 1 is 1.21 bits per heavy atom. The molecular weight excluding hydrogens is 616 g/mol. The Morgan fingerprint density at radius 3 is 2.62 bits per heavy atom. The average molecular weight is 656 g/mol. The van der Waals surface area contributed by atoms with E-state index in [-0.39, 0.29) is 47.6 Å². The van der Waals surface area contributed by atoms with Gasteiger partial charge < -0.3 is 19.6 Å². The number of esters is 1. The molecule has 3 fully saturated rings. The molecule has 7 atom stereocenters. The van der Waals surface area contributed by atoms with E-state index in [4.69, 9.17) is 4.74 Å². The van der Waals surface area contributed by atoms with Crippen LogP contribution in [0.4, 0.5) is 5.69 Å². The highest BCUT2D eigenvalue weighted by atomic mass is 79.9. The summed E-state index contributed by atoms with van der Waals surface area (Å²) in [6, 6.07) is 12.4. The third-order valence-corrected chi connectivity index (χ3v) is 12.0. The van der Waals surface area contributed by atoms with E-state index in [9.17, 15) is 19.5 Å². The van der Waals surface area contributed by atoms with E-state index >= 15 is 0 Å². The van der Waals surface area contributed by atoms with Gasteiger partial charge >= 0.3 is 5.97 Å². The van der Waals surface area contributed by atoms with Crippen LogP contribution in [0, 0.1) is 17.8 Å². The van der Waals surface area contributed by atoms with Gasteiger partial charge in [-0.3, -0.25) is 14.4 Å². The van der Waals surface area contributed by atoms with Crippen LogP contribution in [0.25, 0.3) is 10.8 Å². The van der Waals surface area contributed by atoms with Crippen molar-refractivity contribution in [3.63, 3.8) is 0 Å². The lowest BCUT2D eigenvalue weighted by atomic mass is 9.71. The standard InChI is InChI=1S/C33H39BrN2O5S/c1-5-7-15-41-32(40)26-27-30(38)36(24(19-37)16-20(3)4)29(33(27)18-25(34)28(26)42-33)31(39)35(14-6-2)23-13-12-21-10-8-9-11-22(21)17-23/h5-6,8-13,17,20,24-29,37H,1-2,7,14-16,18-19H2,3-4H3/t24-,25?,26-,27+,28-,29?,33?/m1/s1. The molecule has 0 saturated carbocycles. The van der Waals surface area contributed by atoms with Crippen molar-refractivity contribution in [2.45, 2.75) is 60.0 Å². The van der Waals surface area contributed by atoms with Gasteiger partial charge in [-0.1, -0.05) is 72.3 Å². The topological polar surface area (TPSA) is 87.2 Å². The number of thioether (sulfide) groups is 1. The number of benzene rings is 2. The number of hydrogen-bond acceptors (Lipinski definition) is 6. The Hall–Kier alpha value is -2.62. The van der Waals surface area contributed by atoms with Crippen LogP contribution in [0.5, 0.6) is 0 Å². The zero-order chi connectivity index (χ0) is 30.2. The minimum absolute atomic E-state index is 0.0649. The summed E-state index contributed by atoms with van der Waals surface area (Å²) in [6.07, 6.45) is 4.99. The van der Waals surface area contributed by atoms with E-state index < -0.39 is 34.6 Å². The maximum atomic E-state index is 14.9. The summed E-state index contributed by atoms with van der Waals surface area (Å²) in [5.74, 6) is -2.09. The van der Waals surface area contributed by atoms with E-state index in [2.05, 4.69) is 29.1 Å². The Morgan fingerprint density at radius 2 is 1.95 bits per heavy atom. The number of anilines is 1. The summed E-state index contributed by atoms with van der Waals surface area (Å²) < 4.78 is 4.79. The molecular formula is C33H39BrN2O5S. The van der Waals surface area contributed by atoms with Gasteiger partial charge in [0, 0.05) is 22.3 Å². The highest BCUT2D eigenvalue weighted by molar-refractivity contribution is 9.09. The Balaban J connectivity index is 1.60. The first-order chi connectivity index (χ1) is 20.2. The number of ether oxygens (including phenoxy) is 1. The molecule has 7 nitrogen and oxygen atoms in total. The molecule has 2 bridgehead atoms. The Kier molecular flexibility index (Phi) is 9.21. The second-order valence-electron chi connectivity index (χ2n) is 11.9. The number of carbonyl (C=O) groups is 3. The molecule has 3 unspecified atom stereocenters. The lowest BCUT2D eigenvalue weighted by Gasteiger charge is -2.40. The fourth-order valence-corrected chi connectivity index (χ4v) is 10.7. The van der Waals surface area contributed by atoms with Crippen molar-refractivity contribution in [2.75, 3.05) is 24.7 Å². The average Bonchev–Trinajstić information content (AvgIpc) is 3.57. The highest BCUT2D eigenvalue weighted by Crippen LogP contribution is 2.68. The van der Waals surface area contributed by atoms with Crippen LogP contribution in [0.3, 0.4) is 0 Å². The molecule has 3 aliphatic heterocycles. The molecule has 2 aromatic carbocycles. The van der Waals surface area contributed by atoms with Gasteiger partial charge in [0.1, 0.15) is 6.04 Å². The molecule has 3 aliphatic rings. The van der Waals surface area contributed by atoms with E-state index in [1.54, 1.807) is 33.7 Å². The molecule has 9 heteroatoms. The first-order valence-corrected chi connectivity index (χ1v) is 16.4. The lowest BCUT2D eigenvalue weighted by Crippen LogP contribution is -2.58. The van der Waals surface area contributed by atoms with Crippen LogP contribution in [-0.4, -0.2) is 74.5 Å². The SMILES string of the molecule is C=CCCOC(=O)[C@H]1[C@@H]2SC3(CC2Br)C(C(=O)N(CC=C)c2ccc4ccccc4c2)N([C@@H](CO)CC(C)C)C(=O)[C@H]13. The highest BCUT2D eigenvalue weighted by Gasteiger charge is 2.76. The first-order valence-electron chi connectivity index (χ1n) is 14.6. The quantitative estimate of drug-likeness (QED) is 0.144. The number of carbonyl (C=O) groups excluding carboxylic acids is 3. The van der Waals surface area contributed by atoms with Crippen LogP contribution in [0.15, 0.2) is 67.8 Å². The van der Waals surface area contributed by atoms with Crippen molar-refractivity contribution in [3.8, 4) is 0 Å². The fourth-order valence-electron chi connectivity index (χ4n) is 7.11. The van der Waals surface area contributed by atoms with Gasteiger partial charge in [0.2, 0.25) is 5.91 Å². The normalized spacial score (nSPS) is 28.6. The van der Waals surface area contributed by atoms with Crippen molar-refractivity contribution in [2.24, 2.45) is 17.8 Å². The molecule has 42 heavy (non-hydrogen) atoms. The monoisotopic (exact) mass is 654 g/mol. The molecule has 0 aliphatic carbocycles. The minimum atomic E-state index is -0.863. The number of fused-ring (bicyclic) bond motifs is 2. The van der Waals surface area contributed by atoms with Crippen LogP contribution >= 0.6 is 27.7 Å². The number of likely N-dealkylation sites (tertiary alicyclic amines) is 1. The van der Waals surface area contributed by atoms with Crippen molar-refractivity contribution in [1.29, 1.82) is 0 Å². The van der Waals surface area contributed by atoms with E-state index in [1.807, 2.05) is 56.3 Å². The summed E-state index contributed by atoms with van der Waals surface area (Å²) in [6.45, 7) is 11.9. The fraction of sp³-hybridized carbons (Fsp3) is 0.485. The van der Waals surface area contributed by atoms with Gasteiger partial charge in [0.05, 0.1) is 35.8 Å². The zero-order valence-corrected chi connectivity index (χ0v) is 26.6. The number of aliphatic hydroxyl groups excluding tert-OH is 1. The van der Waals surface area contributed by atoms with Gasteiger partial charge in [0.15, 0.2) is 0 Å². The molecule has 0 aromatic heterocycles. The molecule has 1 spiro atoms. The molecule has 3 heterocycles. The van der Waals surface area contributed by atoms with Gasteiger partial charge in [0.25, 0.3) is 5.91 Å². The number of halogens is 1. The Bertz CT molecular complexity index is 1380. The number of aliphatic hydroxyl groups is 1. The molecule has 1 N–H and O–H groups in total. The molecule has 2 aromatic rings. The summed E-state index contributed by atoms with van der Waals surface area (Å²) in [5.41, 5.74) is 0.712. The maximum absolute atomic E-state index is 14.9. The van der Waals surface area contributed by atoms with E-state index in [1.165, 1.54) is 0 Å². The van der Waals surface area contributed by atoms with E-state index in [0.717, 1.165) is 10.8 Å². The van der Waals surface area contributed by atoms with Crippen molar-refractivity contribution < 1.29 is 24.2 Å². The summed E-state index contributed by atoms with van der Waals surface area (Å²) >= 11 is 5.37. The molecule has 5 rings (SSSR count). The van der Waals surface area contributed by atoms with Crippen LogP contribution in [0.2, 0.25) is 0 Å². The second kappa shape index (κ2) is 12.5. The largest absolute Gasteiger partial charge is 0.465 e. The van der Waals surface area contributed by atoms with Crippen LogP contribution < -0.4 is 4.90 Å². The molecule has 3 saturated heterocycles. The predicted molar refractivity (Wildman–Crippen MR) is 172 cm³/mol. The van der Waals surface area contributed by atoms with Gasteiger partial charge in [-0.2, -0.15) is 0 Å². The second-order valence-corrected chi connectivity index (χ2v) is 14.6. The smallest absolute Gasteiger partial charge is 0.310 e.